The number of nitrogens with zero attached hydrogens (tertiary/aromatic N) is 4. The quantitative estimate of drug-likeness (QED) is 0.928. The summed E-state index contributed by atoms with van der Waals surface area (Å²) in [5.74, 6) is 2.00. The molecule has 2 aromatic rings. The zero-order valence-corrected chi connectivity index (χ0v) is 14.3. The van der Waals surface area contributed by atoms with Crippen molar-refractivity contribution in [2.45, 2.75) is 45.6 Å². The van der Waals surface area contributed by atoms with Gasteiger partial charge in [0.15, 0.2) is 5.82 Å². The van der Waals surface area contributed by atoms with Crippen LogP contribution in [0, 0.1) is 6.92 Å². The Kier molecular flexibility index (Phi) is 4.78. The van der Waals surface area contributed by atoms with Gasteiger partial charge in [-0.3, -0.25) is 4.79 Å². The Balaban J connectivity index is 1.77. The molecule has 1 aliphatic rings. The van der Waals surface area contributed by atoms with E-state index in [1.165, 1.54) is 0 Å². The van der Waals surface area contributed by atoms with Gasteiger partial charge in [0.05, 0.1) is 5.56 Å². The van der Waals surface area contributed by atoms with Gasteiger partial charge in [-0.25, -0.2) is 4.98 Å². The van der Waals surface area contributed by atoms with Crippen LogP contribution in [0.4, 0.5) is 5.82 Å². The van der Waals surface area contributed by atoms with Crippen LogP contribution in [0.1, 0.15) is 54.7 Å². The van der Waals surface area contributed by atoms with Gasteiger partial charge in [-0.05, 0) is 38.8 Å². The molecule has 1 atom stereocenters. The first-order valence-corrected chi connectivity index (χ1v) is 8.35. The normalized spacial score (nSPS) is 18.0. The van der Waals surface area contributed by atoms with Crippen molar-refractivity contribution < 1.29 is 9.32 Å². The predicted octanol–water partition coefficient (Wildman–Crippen LogP) is 2.61. The summed E-state index contributed by atoms with van der Waals surface area (Å²) < 4.78 is 5.08. The van der Waals surface area contributed by atoms with Gasteiger partial charge >= 0.3 is 0 Å². The Hall–Kier alpha value is -2.44. The highest BCUT2D eigenvalue weighted by Gasteiger charge is 2.29. The first kappa shape index (κ1) is 16.4. The molecule has 128 valence electrons. The fourth-order valence-electron chi connectivity index (χ4n) is 2.99. The second kappa shape index (κ2) is 6.98. The van der Waals surface area contributed by atoms with Crippen LogP contribution in [0.25, 0.3) is 0 Å². The lowest BCUT2D eigenvalue weighted by atomic mass is 9.96. The van der Waals surface area contributed by atoms with Gasteiger partial charge in [0, 0.05) is 38.2 Å². The third-order valence-electron chi connectivity index (χ3n) is 4.08. The molecular weight excluding hydrogens is 306 g/mol. The van der Waals surface area contributed by atoms with E-state index in [0.717, 1.165) is 19.4 Å². The maximum atomic E-state index is 13.0. The molecule has 0 unspecified atom stereocenters. The standard InChI is InChI=1S/C17H23N5O2/c1-11(2)19-16-14(7-4-8-18-16)17(23)22-9-5-6-13(10-22)15-20-12(3)24-21-15/h4,7-8,11,13H,5-6,9-10H2,1-3H3,(H,18,19)/t13-/m0/s1. The van der Waals surface area contributed by atoms with Gasteiger partial charge in [0.25, 0.3) is 5.91 Å². The van der Waals surface area contributed by atoms with E-state index in [2.05, 4.69) is 20.4 Å². The van der Waals surface area contributed by atoms with Gasteiger partial charge in [0.1, 0.15) is 5.82 Å². The highest BCUT2D eigenvalue weighted by molar-refractivity contribution is 5.98. The van der Waals surface area contributed by atoms with Crippen molar-refractivity contribution in [1.29, 1.82) is 0 Å². The molecule has 24 heavy (non-hydrogen) atoms. The van der Waals surface area contributed by atoms with Crippen molar-refractivity contribution in [3.63, 3.8) is 0 Å². The number of hydrogen-bond acceptors (Lipinski definition) is 6. The average Bonchev–Trinajstić information content (AvgIpc) is 3.01. The number of hydrogen-bond donors (Lipinski definition) is 1. The summed E-state index contributed by atoms with van der Waals surface area (Å²) in [4.78, 5) is 23.5. The van der Waals surface area contributed by atoms with Gasteiger partial charge in [-0.15, -0.1) is 0 Å². The summed E-state index contributed by atoms with van der Waals surface area (Å²) in [6.45, 7) is 7.18. The summed E-state index contributed by atoms with van der Waals surface area (Å²) in [5, 5.41) is 7.26. The minimum atomic E-state index is -0.00355. The van der Waals surface area contributed by atoms with Crippen LogP contribution in [0.5, 0.6) is 0 Å². The fourth-order valence-corrected chi connectivity index (χ4v) is 2.99. The largest absolute Gasteiger partial charge is 0.367 e. The minimum absolute atomic E-state index is 0.00355. The number of carbonyl (C=O) groups is 1. The number of aromatic nitrogens is 3. The second-order valence-electron chi connectivity index (χ2n) is 6.46. The number of amides is 1. The number of nitrogens with one attached hydrogen (secondary N) is 1. The third kappa shape index (κ3) is 3.55. The van der Waals surface area contributed by atoms with Crippen LogP contribution < -0.4 is 5.32 Å². The number of rotatable bonds is 4. The van der Waals surface area contributed by atoms with Gasteiger partial charge in [-0.1, -0.05) is 5.16 Å². The van der Waals surface area contributed by atoms with E-state index in [0.29, 0.717) is 29.6 Å². The monoisotopic (exact) mass is 329 g/mol. The Labute approximate surface area is 141 Å². The van der Waals surface area contributed by atoms with Gasteiger partial charge in [-0.2, -0.15) is 4.98 Å². The maximum Gasteiger partial charge on any atom is 0.257 e. The highest BCUT2D eigenvalue weighted by atomic mass is 16.5. The predicted molar refractivity (Wildman–Crippen MR) is 89.9 cm³/mol. The van der Waals surface area contributed by atoms with E-state index in [1.807, 2.05) is 24.8 Å². The Morgan fingerprint density at radius 3 is 3.00 bits per heavy atom. The lowest BCUT2D eigenvalue weighted by molar-refractivity contribution is 0.0704. The molecule has 3 heterocycles. The van der Waals surface area contributed by atoms with Crippen LogP contribution in [-0.2, 0) is 0 Å². The molecular formula is C17H23N5O2. The number of anilines is 1. The summed E-state index contributed by atoms with van der Waals surface area (Å²) in [5.41, 5.74) is 0.608. The molecule has 0 aliphatic carbocycles. The Morgan fingerprint density at radius 1 is 1.46 bits per heavy atom. The van der Waals surface area contributed by atoms with Crippen molar-refractivity contribution in [2.75, 3.05) is 18.4 Å². The van der Waals surface area contributed by atoms with Crippen LogP contribution >= 0.6 is 0 Å². The Morgan fingerprint density at radius 2 is 2.29 bits per heavy atom. The minimum Gasteiger partial charge on any atom is -0.367 e. The van der Waals surface area contributed by atoms with E-state index in [1.54, 1.807) is 19.2 Å². The zero-order valence-electron chi connectivity index (χ0n) is 14.3. The molecule has 2 aromatic heterocycles. The number of aryl methyl sites for hydroxylation is 1. The van der Waals surface area contributed by atoms with E-state index in [9.17, 15) is 4.79 Å². The molecule has 0 spiro atoms. The molecule has 1 amide bonds. The number of likely N-dealkylation sites (tertiary alicyclic amines) is 1. The van der Waals surface area contributed by atoms with Crippen molar-refractivity contribution in [1.82, 2.24) is 20.0 Å². The molecule has 7 nitrogen and oxygen atoms in total. The molecule has 0 bridgehead atoms. The highest BCUT2D eigenvalue weighted by Crippen LogP contribution is 2.27. The van der Waals surface area contributed by atoms with E-state index >= 15 is 0 Å². The summed E-state index contributed by atoms with van der Waals surface area (Å²) in [6, 6.07) is 3.83. The Bertz CT molecular complexity index is 713. The summed E-state index contributed by atoms with van der Waals surface area (Å²) in [6.07, 6.45) is 3.59. The fraction of sp³-hybridized carbons (Fsp3) is 0.529. The van der Waals surface area contributed by atoms with Crippen LogP contribution in [0.15, 0.2) is 22.9 Å². The number of carbonyl (C=O) groups excluding carboxylic acids is 1. The first-order chi connectivity index (χ1) is 11.5. The molecule has 1 saturated heterocycles. The summed E-state index contributed by atoms with van der Waals surface area (Å²) in [7, 11) is 0. The van der Waals surface area contributed by atoms with Gasteiger partial charge < -0.3 is 14.7 Å². The first-order valence-electron chi connectivity index (χ1n) is 8.35. The van der Waals surface area contributed by atoms with E-state index < -0.39 is 0 Å². The smallest absolute Gasteiger partial charge is 0.257 e. The topological polar surface area (TPSA) is 84.2 Å². The van der Waals surface area contributed by atoms with Crippen LogP contribution in [0.2, 0.25) is 0 Å². The molecule has 0 radical (unpaired) electrons. The SMILES string of the molecule is Cc1nc([C@H]2CCCN(C(=O)c3cccnc3NC(C)C)C2)no1. The van der Waals surface area contributed by atoms with Crippen LogP contribution in [-0.4, -0.2) is 45.1 Å². The maximum absolute atomic E-state index is 13.0. The molecule has 0 saturated carbocycles. The zero-order chi connectivity index (χ0) is 17.1. The molecule has 1 aliphatic heterocycles. The average molecular weight is 329 g/mol. The summed E-state index contributed by atoms with van der Waals surface area (Å²) >= 11 is 0. The van der Waals surface area contributed by atoms with E-state index in [4.69, 9.17) is 4.52 Å². The molecule has 0 aromatic carbocycles. The molecule has 3 rings (SSSR count). The lowest BCUT2D eigenvalue weighted by Crippen LogP contribution is -2.39. The third-order valence-corrected chi connectivity index (χ3v) is 4.08. The number of pyridine rings is 1. The molecule has 7 heteroatoms. The van der Waals surface area contributed by atoms with Crippen molar-refractivity contribution >= 4 is 11.7 Å². The van der Waals surface area contributed by atoms with E-state index in [-0.39, 0.29) is 17.9 Å². The van der Waals surface area contributed by atoms with Crippen molar-refractivity contribution in [3.05, 3.63) is 35.6 Å². The molecule has 1 fully saturated rings. The molecule has 1 N–H and O–H groups in total. The second-order valence-corrected chi connectivity index (χ2v) is 6.46. The van der Waals surface area contributed by atoms with Crippen molar-refractivity contribution in [3.8, 4) is 0 Å². The number of piperidine rings is 1. The van der Waals surface area contributed by atoms with Crippen molar-refractivity contribution in [2.24, 2.45) is 0 Å². The van der Waals surface area contributed by atoms with Crippen LogP contribution in [0.3, 0.4) is 0 Å². The lowest BCUT2D eigenvalue weighted by Gasteiger charge is -2.31. The van der Waals surface area contributed by atoms with Gasteiger partial charge in [0.2, 0.25) is 5.89 Å².